The van der Waals surface area contributed by atoms with Gasteiger partial charge in [-0.3, -0.25) is 4.90 Å². The van der Waals surface area contributed by atoms with Crippen LogP contribution < -0.4 is 4.74 Å². The molecule has 0 unspecified atom stereocenters. The number of aliphatic hydroxyl groups excluding tert-OH is 1. The van der Waals surface area contributed by atoms with E-state index >= 15 is 0 Å². The van der Waals surface area contributed by atoms with E-state index in [1.54, 1.807) is 35.0 Å². The Hall–Kier alpha value is -3.07. The van der Waals surface area contributed by atoms with Crippen molar-refractivity contribution in [2.24, 2.45) is 0 Å². The smallest absolute Gasteiger partial charge is 0.227 e. The summed E-state index contributed by atoms with van der Waals surface area (Å²) in [5, 5.41) is 15.1. The van der Waals surface area contributed by atoms with E-state index < -0.39 is 11.9 Å². The van der Waals surface area contributed by atoms with Gasteiger partial charge in [0.1, 0.15) is 17.4 Å². The number of hydrogen-bond acceptors (Lipinski definition) is 5. The Morgan fingerprint density at radius 2 is 1.88 bits per heavy atom. The van der Waals surface area contributed by atoms with Crippen molar-refractivity contribution in [3.8, 4) is 17.3 Å². The summed E-state index contributed by atoms with van der Waals surface area (Å²) < 4.78 is 40.5. The molecule has 0 aliphatic heterocycles. The van der Waals surface area contributed by atoms with Crippen LogP contribution in [-0.2, 0) is 11.3 Å². The third kappa shape index (κ3) is 6.72. The number of aryl methyl sites for hydroxylation is 1. The molecule has 0 spiro atoms. The molecule has 0 aliphatic rings. The van der Waals surface area contributed by atoms with E-state index in [2.05, 4.69) is 16.6 Å². The molecule has 0 bridgehead atoms. The molecule has 0 saturated carbocycles. The maximum Gasteiger partial charge on any atom is 0.227 e. The Labute approximate surface area is 199 Å². The minimum absolute atomic E-state index is 0.102. The van der Waals surface area contributed by atoms with Gasteiger partial charge >= 0.3 is 0 Å². The van der Waals surface area contributed by atoms with Crippen molar-refractivity contribution >= 4 is 0 Å². The maximum absolute atomic E-state index is 13.8. The molecular formula is C26H31F2N3O3. The molecule has 0 aliphatic carbocycles. The summed E-state index contributed by atoms with van der Waals surface area (Å²) in [5.74, 6) is -0.0645. The van der Waals surface area contributed by atoms with Crippen molar-refractivity contribution in [1.82, 2.24) is 14.7 Å². The van der Waals surface area contributed by atoms with Crippen LogP contribution in [0.25, 0.3) is 5.69 Å². The van der Waals surface area contributed by atoms with Crippen LogP contribution in [0.15, 0.2) is 61.2 Å². The van der Waals surface area contributed by atoms with E-state index in [0.29, 0.717) is 42.7 Å². The normalized spacial score (nSPS) is 12.4. The first-order valence-corrected chi connectivity index (χ1v) is 11.2. The molecule has 8 heteroatoms. The van der Waals surface area contributed by atoms with Crippen molar-refractivity contribution in [2.45, 2.75) is 39.5 Å². The van der Waals surface area contributed by atoms with E-state index in [0.717, 1.165) is 5.56 Å². The fraction of sp³-hybridized carbons (Fsp3) is 0.346. The SMILES string of the molecule is C=CCOC[C@H](O)CN(Cc1c(C)nn(-c2ccc(F)cc2)c1Oc1cccc(F)c1)C(C)C. The van der Waals surface area contributed by atoms with Crippen molar-refractivity contribution in [1.29, 1.82) is 0 Å². The zero-order valence-corrected chi connectivity index (χ0v) is 19.7. The Kier molecular flexibility index (Phi) is 8.92. The predicted octanol–water partition coefficient (Wildman–Crippen LogP) is 5.03. The first-order chi connectivity index (χ1) is 16.3. The van der Waals surface area contributed by atoms with Crippen LogP contribution in [0.2, 0.25) is 0 Å². The Morgan fingerprint density at radius 1 is 1.15 bits per heavy atom. The molecule has 0 fully saturated rings. The van der Waals surface area contributed by atoms with Crippen LogP contribution in [0.5, 0.6) is 11.6 Å². The van der Waals surface area contributed by atoms with Crippen molar-refractivity contribution < 1.29 is 23.4 Å². The second kappa shape index (κ2) is 11.9. The zero-order valence-electron chi connectivity index (χ0n) is 19.7. The van der Waals surface area contributed by atoms with Gasteiger partial charge in [0.2, 0.25) is 5.88 Å². The second-order valence-electron chi connectivity index (χ2n) is 8.32. The largest absolute Gasteiger partial charge is 0.438 e. The van der Waals surface area contributed by atoms with Gasteiger partial charge in [-0.05, 0) is 57.2 Å². The highest BCUT2D eigenvalue weighted by Crippen LogP contribution is 2.32. The van der Waals surface area contributed by atoms with Gasteiger partial charge in [0, 0.05) is 25.2 Å². The second-order valence-corrected chi connectivity index (χ2v) is 8.32. The van der Waals surface area contributed by atoms with Gasteiger partial charge < -0.3 is 14.6 Å². The molecule has 3 aromatic rings. The topological polar surface area (TPSA) is 59.8 Å². The van der Waals surface area contributed by atoms with Gasteiger partial charge in [0.15, 0.2) is 0 Å². The van der Waals surface area contributed by atoms with Crippen molar-refractivity contribution in [3.63, 3.8) is 0 Å². The lowest BCUT2D eigenvalue weighted by Gasteiger charge is -2.29. The lowest BCUT2D eigenvalue weighted by Crippen LogP contribution is -2.39. The third-order valence-corrected chi connectivity index (χ3v) is 5.30. The molecular weight excluding hydrogens is 440 g/mol. The van der Waals surface area contributed by atoms with Gasteiger partial charge in [0.25, 0.3) is 0 Å². The molecule has 2 aromatic carbocycles. The van der Waals surface area contributed by atoms with Gasteiger partial charge in [-0.1, -0.05) is 12.1 Å². The molecule has 182 valence electrons. The van der Waals surface area contributed by atoms with Gasteiger partial charge in [0.05, 0.1) is 36.3 Å². The number of benzene rings is 2. The number of aliphatic hydroxyl groups is 1. The summed E-state index contributed by atoms with van der Waals surface area (Å²) in [6, 6.07) is 11.9. The molecule has 1 aromatic heterocycles. The van der Waals surface area contributed by atoms with Crippen LogP contribution in [0.1, 0.15) is 25.1 Å². The molecule has 1 N–H and O–H groups in total. The Morgan fingerprint density at radius 3 is 2.53 bits per heavy atom. The molecule has 1 atom stereocenters. The number of aromatic nitrogens is 2. The summed E-state index contributed by atoms with van der Waals surface area (Å²) in [7, 11) is 0. The fourth-order valence-electron chi connectivity index (χ4n) is 3.50. The van der Waals surface area contributed by atoms with Gasteiger partial charge in [-0.2, -0.15) is 5.10 Å². The number of halogens is 2. The molecule has 1 heterocycles. The lowest BCUT2D eigenvalue weighted by atomic mass is 10.2. The summed E-state index contributed by atoms with van der Waals surface area (Å²) in [6.07, 6.45) is 0.943. The number of hydrogen-bond donors (Lipinski definition) is 1. The quantitative estimate of drug-likeness (QED) is 0.297. The van der Waals surface area contributed by atoms with Crippen LogP contribution in [0.4, 0.5) is 8.78 Å². The first-order valence-electron chi connectivity index (χ1n) is 11.2. The molecule has 0 amide bonds. The number of rotatable bonds is 12. The van der Waals surface area contributed by atoms with E-state index in [1.807, 2.05) is 20.8 Å². The molecule has 0 saturated heterocycles. The molecule has 34 heavy (non-hydrogen) atoms. The van der Waals surface area contributed by atoms with Crippen LogP contribution in [-0.4, -0.2) is 51.7 Å². The molecule has 3 rings (SSSR count). The zero-order chi connectivity index (χ0) is 24.7. The first kappa shape index (κ1) is 25.6. The maximum atomic E-state index is 13.8. The highest BCUT2D eigenvalue weighted by molar-refractivity contribution is 5.43. The Bertz CT molecular complexity index is 1080. The van der Waals surface area contributed by atoms with E-state index in [-0.39, 0.29) is 18.5 Å². The fourth-order valence-corrected chi connectivity index (χ4v) is 3.50. The number of nitrogens with zero attached hydrogens (tertiary/aromatic N) is 3. The third-order valence-electron chi connectivity index (χ3n) is 5.30. The van der Waals surface area contributed by atoms with Crippen LogP contribution >= 0.6 is 0 Å². The van der Waals surface area contributed by atoms with Crippen molar-refractivity contribution in [3.05, 3.63) is 84.1 Å². The monoisotopic (exact) mass is 471 g/mol. The summed E-state index contributed by atoms with van der Waals surface area (Å²) in [4.78, 5) is 2.08. The summed E-state index contributed by atoms with van der Waals surface area (Å²) >= 11 is 0. The summed E-state index contributed by atoms with van der Waals surface area (Å²) in [5.41, 5.74) is 2.09. The number of ether oxygens (including phenoxy) is 2. The lowest BCUT2D eigenvalue weighted by molar-refractivity contribution is 0.0177. The van der Waals surface area contributed by atoms with Crippen LogP contribution in [0, 0.1) is 18.6 Å². The average molecular weight is 472 g/mol. The van der Waals surface area contributed by atoms with E-state index in [9.17, 15) is 13.9 Å². The van der Waals surface area contributed by atoms with E-state index in [4.69, 9.17) is 9.47 Å². The minimum Gasteiger partial charge on any atom is -0.438 e. The van der Waals surface area contributed by atoms with Crippen molar-refractivity contribution in [2.75, 3.05) is 19.8 Å². The molecule has 0 radical (unpaired) electrons. The highest BCUT2D eigenvalue weighted by Gasteiger charge is 2.24. The van der Waals surface area contributed by atoms with Crippen LogP contribution in [0.3, 0.4) is 0 Å². The molecule has 6 nitrogen and oxygen atoms in total. The Balaban J connectivity index is 1.95. The predicted molar refractivity (Wildman–Crippen MR) is 127 cm³/mol. The highest BCUT2D eigenvalue weighted by atomic mass is 19.1. The van der Waals surface area contributed by atoms with E-state index in [1.165, 1.54) is 24.3 Å². The average Bonchev–Trinajstić information content (AvgIpc) is 3.09. The van der Waals surface area contributed by atoms with Gasteiger partial charge in [-0.25, -0.2) is 13.5 Å². The minimum atomic E-state index is -0.692. The standard InChI is InChI=1S/C26H31F2N3O3/c1-5-13-33-17-23(32)15-30(18(2)3)16-25-19(4)29-31(22-11-9-20(27)10-12-22)26(25)34-24-8-6-7-21(28)14-24/h5-12,14,18,23,32H,1,13,15-17H2,2-4H3/t23-/m1/s1. The summed E-state index contributed by atoms with van der Waals surface area (Å²) in [6.45, 7) is 10.9. The van der Waals surface area contributed by atoms with Gasteiger partial charge in [-0.15, -0.1) is 6.58 Å².